The molecular weight excluding hydrogens is 402 g/mol. The Morgan fingerprint density at radius 2 is 1.84 bits per heavy atom. The van der Waals surface area contributed by atoms with Crippen LogP contribution in [-0.2, 0) is 4.79 Å². The SMILES string of the molecule is COc1ccc(-c2nc3n(n2)C(c2ccc(C#N)cc2)C2=C(CC(C)(C)CC2=O)N3)cc1. The van der Waals surface area contributed by atoms with Gasteiger partial charge in [0.2, 0.25) is 5.95 Å². The fourth-order valence-electron chi connectivity index (χ4n) is 4.52. The van der Waals surface area contributed by atoms with Gasteiger partial charge in [-0.1, -0.05) is 26.0 Å². The number of allylic oxidation sites excluding steroid dienone is 2. The topological polar surface area (TPSA) is 92.8 Å². The number of benzene rings is 2. The molecule has 0 amide bonds. The van der Waals surface area contributed by atoms with Crippen LogP contribution in [0.5, 0.6) is 5.75 Å². The highest BCUT2D eigenvalue weighted by Gasteiger charge is 2.41. The maximum Gasteiger partial charge on any atom is 0.226 e. The van der Waals surface area contributed by atoms with E-state index in [-0.39, 0.29) is 11.2 Å². The standard InChI is InChI=1S/C25H23N5O2/c1-25(2)12-19-21(20(31)13-25)22(16-6-4-15(14-26)5-7-16)30-24(27-19)28-23(29-30)17-8-10-18(32-3)11-9-17/h4-11,22H,12-13H2,1-3H3,(H,27,28,29). The van der Waals surface area contributed by atoms with Gasteiger partial charge in [0.25, 0.3) is 0 Å². The van der Waals surface area contributed by atoms with Crippen molar-refractivity contribution in [2.75, 3.05) is 12.4 Å². The van der Waals surface area contributed by atoms with Crippen LogP contribution >= 0.6 is 0 Å². The number of ether oxygens (including phenoxy) is 1. The fourth-order valence-corrected chi connectivity index (χ4v) is 4.52. The van der Waals surface area contributed by atoms with Crippen LogP contribution in [0.25, 0.3) is 11.4 Å². The molecule has 1 aliphatic heterocycles. The molecule has 2 aromatic carbocycles. The molecule has 160 valence electrons. The van der Waals surface area contributed by atoms with Crippen molar-refractivity contribution >= 4 is 11.7 Å². The average Bonchev–Trinajstić information content (AvgIpc) is 3.20. The second-order valence-corrected chi connectivity index (χ2v) is 9.03. The van der Waals surface area contributed by atoms with E-state index < -0.39 is 6.04 Å². The number of fused-ring (bicyclic) bond motifs is 1. The van der Waals surface area contributed by atoms with Gasteiger partial charge in [0.1, 0.15) is 11.8 Å². The Balaban J connectivity index is 1.64. The molecule has 2 heterocycles. The summed E-state index contributed by atoms with van der Waals surface area (Å²) in [4.78, 5) is 18.0. The first-order chi connectivity index (χ1) is 15.4. The Kier molecular flexibility index (Phi) is 4.59. The lowest BCUT2D eigenvalue weighted by molar-refractivity contribution is -0.118. The Labute approximate surface area is 186 Å². The number of nitrogens with zero attached hydrogens (tertiary/aromatic N) is 4. The second-order valence-electron chi connectivity index (χ2n) is 9.03. The molecule has 1 aromatic heterocycles. The van der Waals surface area contributed by atoms with E-state index in [1.165, 1.54) is 0 Å². The van der Waals surface area contributed by atoms with Crippen molar-refractivity contribution < 1.29 is 9.53 Å². The Morgan fingerprint density at radius 1 is 1.12 bits per heavy atom. The zero-order chi connectivity index (χ0) is 22.5. The highest BCUT2D eigenvalue weighted by Crippen LogP contribution is 2.45. The minimum atomic E-state index is -0.392. The molecule has 1 aliphatic carbocycles. The number of carbonyl (C=O) groups is 1. The molecule has 2 aliphatic rings. The molecule has 1 atom stereocenters. The Bertz CT molecular complexity index is 1280. The van der Waals surface area contributed by atoms with Crippen molar-refractivity contribution in [3.05, 3.63) is 70.9 Å². The summed E-state index contributed by atoms with van der Waals surface area (Å²) in [6, 6.07) is 16.7. The van der Waals surface area contributed by atoms with Crippen molar-refractivity contribution in [3.8, 4) is 23.2 Å². The number of hydrogen-bond donors (Lipinski definition) is 1. The number of aromatic nitrogens is 3. The molecule has 5 rings (SSSR count). The molecule has 0 fully saturated rings. The molecule has 0 saturated heterocycles. The fraction of sp³-hybridized carbons (Fsp3) is 0.280. The monoisotopic (exact) mass is 425 g/mol. The van der Waals surface area contributed by atoms with E-state index in [0.717, 1.165) is 34.6 Å². The summed E-state index contributed by atoms with van der Waals surface area (Å²) < 4.78 is 7.04. The van der Waals surface area contributed by atoms with E-state index in [4.69, 9.17) is 14.8 Å². The van der Waals surface area contributed by atoms with Crippen molar-refractivity contribution in [2.24, 2.45) is 5.41 Å². The number of methoxy groups -OCH3 is 1. The van der Waals surface area contributed by atoms with Gasteiger partial charge in [-0.15, -0.1) is 5.10 Å². The van der Waals surface area contributed by atoms with Crippen molar-refractivity contribution in [1.82, 2.24) is 14.8 Å². The van der Waals surface area contributed by atoms with Crippen LogP contribution in [0.1, 0.15) is 43.9 Å². The lowest BCUT2D eigenvalue weighted by Gasteiger charge is -2.38. The molecule has 3 aromatic rings. The number of Topliss-reactive ketones (excluding diaryl/α,β-unsaturated/α-hetero) is 1. The van der Waals surface area contributed by atoms with Crippen LogP contribution in [0.15, 0.2) is 59.8 Å². The van der Waals surface area contributed by atoms with E-state index in [0.29, 0.717) is 23.8 Å². The Morgan fingerprint density at radius 3 is 2.50 bits per heavy atom. The Hall–Kier alpha value is -3.92. The van der Waals surface area contributed by atoms with Crippen LogP contribution < -0.4 is 10.1 Å². The second kappa shape index (κ2) is 7.34. The minimum Gasteiger partial charge on any atom is -0.497 e. The minimum absolute atomic E-state index is 0.116. The summed E-state index contributed by atoms with van der Waals surface area (Å²) in [5.74, 6) is 2.05. The molecule has 1 unspecified atom stereocenters. The predicted octanol–water partition coefficient (Wildman–Crippen LogP) is 4.48. The van der Waals surface area contributed by atoms with E-state index in [2.05, 4.69) is 25.2 Å². The van der Waals surface area contributed by atoms with Gasteiger partial charge in [-0.2, -0.15) is 10.2 Å². The van der Waals surface area contributed by atoms with E-state index in [1.807, 2.05) is 36.4 Å². The van der Waals surface area contributed by atoms with Crippen LogP contribution in [-0.4, -0.2) is 27.7 Å². The summed E-state index contributed by atoms with van der Waals surface area (Å²) in [6.07, 6.45) is 1.24. The first-order valence-corrected chi connectivity index (χ1v) is 10.5. The van der Waals surface area contributed by atoms with Gasteiger partial charge in [-0.25, -0.2) is 4.68 Å². The lowest BCUT2D eigenvalue weighted by Crippen LogP contribution is -2.36. The number of nitrogens with one attached hydrogen (secondary N) is 1. The summed E-state index contributed by atoms with van der Waals surface area (Å²) in [7, 11) is 1.63. The quantitative estimate of drug-likeness (QED) is 0.665. The summed E-state index contributed by atoms with van der Waals surface area (Å²) >= 11 is 0. The van der Waals surface area contributed by atoms with Gasteiger partial charge in [-0.3, -0.25) is 4.79 Å². The molecule has 0 bridgehead atoms. The third-order valence-electron chi connectivity index (χ3n) is 6.04. The van der Waals surface area contributed by atoms with E-state index in [9.17, 15) is 10.1 Å². The van der Waals surface area contributed by atoms with Crippen molar-refractivity contribution in [1.29, 1.82) is 5.26 Å². The summed E-state index contributed by atoms with van der Waals surface area (Å²) in [6.45, 7) is 4.21. The third kappa shape index (κ3) is 3.34. The largest absolute Gasteiger partial charge is 0.497 e. The number of rotatable bonds is 3. The molecule has 7 nitrogen and oxygen atoms in total. The molecule has 0 radical (unpaired) electrons. The van der Waals surface area contributed by atoms with Gasteiger partial charge >= 0.3 is 0 Å². The molecule has 0 saturated carbocycles. The van der Waals surface area contributed by atoms with Crippen molar-refractivity contribution in [2.45, 2.75) is 32.7 Å². The van der Waals surface area contributed by atoms with Gasteiger partial charge in [0, 0.05) is 23.3 Å². The maximum atomic E-state index is 13.3. The predicted molar refractivity (Wildman–Crippen MR) is 120 cm³/mol. The zero-order valence-electron chi connectivity index (χ0n) is 18.2. The van der Waals surface area contributed by atoms with E-state index in [1.54, 1.807) is 23.9 Å². The van der Waals surface area contributed by atoms with Gasteiger partial charge in [-0.05, 0) is 53.8 Å². The van der Waals surface area contributed by atoms with Crippen LogP contribution in [0.2, 0.25) is 0 Å². The zero-order valence-corrected chi connectivity index (χ0v) is 18.2. The normalized spacial score (nSPS) is 18.9. The number of anilines is 1. The van der Waals surface area contributed by atoms with E-state index >= 15 is 0 Å². The van der Waals surface area contributed by atoms with Gasteiger partial charge < -0.3 is 10.1 Å². The number of nitriles is 1. The number of ketones is 1. The number of hydrogen-bond acceptors (Lipinski definition) is 6. The first-order valence-electron chi connectivity index (χ1n) is 10.5. The smallest absolute Gasteiger partial charge is 0.226 e. The summed E-state index contributed by atoms with van der Waals surface area (Å²) in [5, 5.41) is 17.4. The summed E-state index contributed by atoms with van der Waals surface area (Å²) in [5.41, 5.74) is 3.84. The first kappa shape index (κ1) is 20.0. The highest BCUT2D eigenvalue weighted by molar-refractivity contribution is 6.00. The number of carbonyl (C=O) groups excluding carboxylic acids is 1. The lowest BCUT2D eigenvalue weighted by atomic mass is 9.73. The van der Waals surface area contributed by atoms with Crippen molar-refractivity contribution in [3.63, 3.8) is 0 Å². The molecule has 1 N–H and O–H groups in total. The highest BCUT2D eigenvalue weighted by atomic mass is 16.5. The molecule has 7 heteroatoms. The molecular formula is C25H23N5O2. The average molecular weight is 425 g/mol. The van der Waals surface area contributed by atoms with Gasteiger partial charge in [0.15, 0.2) is 11.6 Å². The third-order valence-corrected chi connectivity index (χ3v) is 6.04. The molecule has 0 spiro atoms. The van der Waals surface area contributed by atoms with Crippen LogP contribution in [0.4, 0.5) is 5.95 Å². The molecule has 32 heavy (non-hydrogen) atoms. The van der Waals surface area contributed by atoms with Gasteiger partial charge in [0.05, 0.1) is 18.7 Å². The van der Waals surface area contributed by atoms with Crippen LogP contribution in [0, 0.1) is 16.7 Å². The maximum absolute atomic E-state index is 13.3. The van der Waals surface area contributed by atoms with Crippen LogP contribution in [0.3, 0.4) is 0 Å².